The summed E-state index contributed by atoms with van der Waals surface area (Å²) in [4.78, 5) is 24.7. The van der Waals surface area contributed by atoms with Gasteiger partial charge in [0.05, 0.1) is 30.0 Å². The molecule has 0 aliphatic rings. The molecule has 0 aliphatic carbocycles. The van der Waals surface area contributed by atoms with Crippen LogP contribution in [0.4, 0.5) is 15.9 Å². The van der Waals surface area contributed by atoms with Crippen LogP contribution >= 0.6 is 0 Å². The minimum absolute atomic E-state index is 0.0366. The third kappa shape index (κ3) is 2.60. The minimum atomic E-state index is -0.594. The Labute approximate surface area is 145 Å². The zero-order valence-corrected chi connectivity index (χ0v) is 13.5. The lowest BCUT2D eigenvalue weighted by Gasteiger charge is -2.09. The van der Waals surface area contributed by atoms with E-state index in [0.29, 0.717) is 17.2 Å². The SMILES string of the molecule is Cc1ncn(-c2ccncc2NC(=O)c2c(N)nn3cc(F)cnc23)n1. The normalized spacial score (nSPS) is 11.0. The molecule has 3 N–H and O–H groups in total. The van der Waals surface area contributed by atoms with E-state index in [1.165, 1.54) is 17.2 Å². The van der Waals surface area contributed by atoms with Gasteiger partial charge < -0.3 is 11.1 Å². The minimum Gasteiger partial charge on any atom is -0.381 e. The van der Waals surface area contributed by atoms with Crippen LogP contribution in [0.1, 0.15) is 16.2 Å². The largest absolute Gasteiger partial charge is 0.381 e. The number of rotatable bonds is 3. The maximum absolute atomic E-state index is 13.3. The topological polar surface area (TPSA) is 129 Å². The number of aromatic nitrogens is 7. The van der Waals surface area contributed by atoms with Crippen molar-refractivity contribution in [2.24, 2.45) is 0 Å². The molecule has 0 aromatic carbocycles. The summed E-state index contributed by atoms with van der Waals surface area (Å²) in [5.74, 6) is -0.634. The summed E-state index contributed by atoms with van der Waals surface area (Å²) >= 11 is 0. The molecule has 0 unspecified atom stereocenters. The number of fused-ring (bicyclic) bond motifs is 1. The van der Waals surface area contributed by atoms with Crippen molar-refractivity contribution in [2.45, 2.75) is 6.92 Å². The van der Waals surface area contributed by atoms with Crippen LogP contribution in [0.2, 0.25) is 0 Å². The number of carbonyl (C=O) groups excluding carboxylic acids is 1. The van der Waals surface area contributed by atoms with Gasteiger partial charge in [-0.3, -0.25) is 9.78 Å². The van der Waals surface area contributed by atoms with E-state index < -0.39 is 11.7 Å². The summed E-state index contributed by atoms with van der Waals surface area (Å²) in [5.41, 5.74) is 6.95. The van der Waals surface area contributed by atoms with Gasteiger partial charge >= 0.3 is 0 Å². The highest BCUT2D eigenvalue weighted by Crippen LogP contribution is 2.22. The Morgan fingerprint density at radius 2 is 2.12 bits per heavy atom. The molecule has 130 valence electrons. The van der Waals surface area contributed by atoms with Crippen molar-refractivity contribution in [3.05, 3.63) is 54.4 Å². The van der Waals surface area contributed by atoms with Gasteiger partial charge in [0.2, 0.25) is 0 Å². The average Bonchev–Trinajstić information content (AvgIpc) is 3.17. The van der Waals surface area contributed by atoms with E-state index in [1.54, 1.807) is 19.2 Å². The summed E-state index contributed by atoms with van der Waals surface area (Å²) in [5, 5.41) is 10.8. The van der Waals surface area contributed by atoms with Crippen LogP contribution in [-0.4, -0.2) is 40.3 Å². The Morgan fingerprint density at radius 1 is 1.27 bits per heavy atom. The van der Waals surface area contributed by atoms with E-state index in [2.05, 4.69) is 30.5 Å². The molecule has 4 aromatic heterocycles. The van der Waals surface area contributed by atoms with Gasteiger partial charge in [0.1, 0.15) is 17.7 Å². The van der Waals surface area contributed by atoms with Gasteiger partial charge in [-0.1, -0.05) is 0 Å². The first-order valence-corrected chi connectivity index (χ1v) is 7.46. The number of pyridine rings is 1. The molecule has 0 saturated heterocycles. The lowest BCUT2D eigenvalue weighted by molar-refractivity contribution is 0.102. The molecule has 0 spiro atoms. The lowest BCUT2D eigenvalue weighted by atomic mass is 10.2. The van der Waals surface area contributed by atoms with Crippen LogP contribution in [0, 0.1) is 12.7 Å². The predicted octanol–water partition coefficient (Wildman–Crippen LogP) is 0.987. The maximum Gasteiger partial charge on any atom is 0.263 e. The summed E-state index contributed by atoms with van der Waals surface area (Å²) in [6.45, 7) is 1.75. The maximum atomic E-state index is 13.3. The Hall–Kier alpha value is -3.89. The zero-order chi connectivity index (χ0) is 18.3. The Balaban J connectivity index is 1.73. The second kappa shape index (κ2) is 5.88. The summed E-state index contributed by atoms with van der Waals surface area (Å²) in [6.07, 6.45) is 6.63. The van der Waals surface area contributed by atoms with Crippen molar-refractivity contribution < 1.29 is 9.18 Å². The molecular weight excluding hydrogens is 341 g/mol. The predicted molar refractivity (Wildman–Crippen MR) is 89.2 cm³/mol. The number of aryl methyl sites for hydroxylation is 1. The number of nitrogen functional groups attached to an aromatic ring is 1. The molecule has 0 fully saturated rings. The van der Waals surface area contributed by atoms with E-state index in [4.69, 9.17) is 5.73 Å². The first kappa shape index (κ1) is 15.6. The molecule has 4 heterocycles. The molecule has 10 nitrogen and oxygen atoms in total. The average molecular weight is 353 g/mol. The zero-order valence-electron chi connectivity index (χ0n) is 13.5. The van der Waals surface area contributed by atoms with Crippen molar-refractivity contribution in [1.82, 2.24) is 34.3 Å². The van der Waals surface area contributed by atoms with Gasteiger partial charge in [0, 0.05) is 6.20 Å². The van der Waals surface area contributed by atoms with Crippen molar-refractivity contribution in [1.29, 1.82) is 0 Å². The third-order valence-electron chi connectivity index (χ3n) is 3.59. The monoisotopic (exact) mass is 353 g/mol. The number of carbonyl (C=O) groups is 1. The summed E-state index contributed by atoms with van der Waals surface area (Å²) in [7, 11) is 0. The number of hydrogen-bond donors (Lipinski definition) is 2. The molecule has 0 saturated carbocycles. The highest BCUT2D eigenvalue weighted by atomic mass is 19.1. The fourth-order valence-corrected chi connectivity index (χ4v) is 2.48. The lowest BCUT2D eigenvalue weighted by Crippen LogP contribution is -2.16. The van der Waals surface area contributed by atoms with E-state index in [0.717, 1.165) is 16.9 Å². The summed E-state index contributed by atoms with van der Waals surface area (Å²) < 4.78 is 15.9. The number of halogens is 1. The van der Waals surface area contributed by atoms with Crippen molar-refractivity contribution in [3.63, 3.8) is 0 Å². The van der Waals surface area contributed by atoms with Crippen molar-refractivity contribution >= 4 is 23.1 Å². The number of amides is 1. The second-order valence-electron chi connectivity index (χ2n) is 5.38. The quantitative estimate of drug-likeness (QED) is 0.562. The van der Waals surface area contributed by atoms with Crippen LogP contribution in [0.15, 0.2) is 37.2 Å². The molecule has 0 radical (unpaired) electrons. The third-order valence-corrected chi connectivity index (χ3v) is 3.59. The van der Waals surface area contributed by atoms with E-state index in [1.807, 2.05) is 0 Å². The summed E-state index contributed by atoms with van der Waals surface area (Å²) in [6, 6.07) is 1.68. The van der Waals surface area contributed by atoms with Crippen LogP contribution in [0.3, 0.4) is 0 Å². The van der Waals surface area contributed by atoms with Gasteiger partial charge in [-0.25, -0.2) is 23.6 Å². The fourth-order valence-electron chi connectivity index (χ4n) is 2.48. The molecular formula is C15H12FN9O. The molecule has 0 aliphatic heterocycles. The molecule has 1 amide bonds. The Morgan fingerprint density at radius 3 is 2.88 bits per heavy atom. The van der Waals surface area contributed by atoms with Crippen molar-refractivity contribution in [2.75, 3.05) is 11.1 Å². The first-order valence-electron chi connectivity index (χ1n) is 7.46. The number of nitrogens with zero attached hydrogens (tertiary/aromatic N) is 7. The standard InChI is InChI=1S/C15H12FN9O/c1-8-20-7-25(22-8)11-2-3-18-5-10(11)21-15(26)12-13(17)23-24-6-9(16)4-19-14(12)24/h2-7H,1H3,(H2,17,23)(H,21,26). The molecule has 11 heteroatoms. The number of nitrogens with two attached hydrogens (primary N) is 1. The van der Waals surface area contributed by atoms with E-state index >= 15 is 0 Å². The fraction of sp³-hybridized carbons (Fsp3) is 0.0667. The molecule has 4 aromatic rings. The highest BCUT2D eigenvalue weighted by molar-refractivity contribution is 6.12. The van der Waals surface area contributed by atoms with Gasteiger partial charge in [0.15, 0.2) is 17.3 Å². The second-order valence-corrected chi connectivity index (χ2v) is 5.38. The molecule has 4 rings (SSSR count). The Kier molecular flexibility index (Phi) is 3.53. The first-order chi connectivity index (χ1) is 12.5. The van der Waals surface area contributed by atoms with Crippen LogP contribution in [-0.2, 0) is 0 Å². The van der Waals surface area contributed by atoms with Gasteiger partial charge in [-0.2, -0.15) is 5.10 Å². The smallest absolute Gasteiger partial charge is 0.263 e. The Bertz CT molecular complexity index is 1130. The molecule has 0 atom stereocenters. The van der Waals surface area contributed by atoms with E-state index in [9.17, 15) is 9.18 Å². The van der Waals surface area contributed by atoms with Crippen LogP contribution in [0.5, 0.6) is 0 Å². The number of hydrogen-bond acceptors (Lipinski definition) is 7. The molecule has 0 bridgehead atoms. The van der Waals surface area contributed by atoms with Gasteiger partial charge in [-0.15, -0.1) is 5.10 Å². The number of anilines is 2. The van der Waals surface area contributed by atoms with E-state index in [-0.39, 0.29) is 17.0 Å². The van der Waals surface area contributed by atoms with Crippen molar-refractivity contribution in [3.8, 4) is 5.69 Å². The van der Waals surface area contributed by atoms with Gasteiger partial charge in [-0.05, 0) is 13.0 Å². The number of nitrogens with one attached hydrogen (secondary N) is 1. The highest BCUT2D eigenvalue weighted by Gasteiger charge is 2.21. The molecule has 26 heavy (non-hydrogen) atoms. The van der Waals surface area contributed by atoms with Gasteiger partial charge in [0.25, 0.3) is 5.91 Å². The van der Waals surface area contributed by atoms with Crippen LogP contribution < -0.4 is 11.1 Å². The van der Waals surface area contributed by atoms with Crippen LogP contribution in [0.25, 0.3) is 11.3 Å².